The molecule has 0 aliphatic heterocycles. The first-order valence-electron chi connectivity index (χ1n) is 5.90. The summed E-state index contributed by atoms with van der Waals surface area (Å²) in [5.74, 6) is 1.12. The molecule has 1 saturated carbocycles. The van der Waals surface area contributed by atoms with Gasteiger partial charge in [-0.3, -0.25) is 4.79 Å². The molecule has 0 bridgehead atoms. The van der Waals surface area contributed by atoms with Gasteiger partial charge in [-0.1, -0.05) is 33.1 Å². The largest absolute Gasteiger partial charge is 0.321 e. The highest BCUT2D eigenvalue weighted by atomic mass is 16.1. The predicted octanol–water partition coefficient (Wildman–Crippen LogP) is 2.51. The summed E-state index contributed by atoms with van der Waals surface area (Å²) in [6.45, 7) is 4.24. The van der Waals surface area contributed by atoms with Crippen LogP contribution in [-0.2, 0) is 4.79 Å². The molecule has 2 heteroatoms. The Morgan fingerprint density at radius 1 is 1.29 bits per heavy atom. The summed E-state index contributed by atoms with van der Waals surface area (Å²) in [5.41, 5.74) is 5.90. The number of carbonyl (C=O) groups excluding carboxylic acids is 1. The summed E-state index contributed by atoms with van der Waals surface area (Å²) in [5, 5.41) is 0. The molecule has 1 atom stereocenters. The summed E-state index contributed by atoms with van der Waals surface area (Å²) in [7, 11) is 0. The molecule has 14 heavy (non-hydrogen) atoms. The van der Waals surface area contributed by atoms with Gasteiger partial charge in [-0.05, 0) is 25.2 Å². The van der Waals surface area contributed by atoms with Crippen molar-refractivity contribution in [2.24, 2.45) is 17.6 Å². The minimum Gasteiger partial charge on any atom is -0.321 e. The average Bonchev–Trinajstić information content (AvgIpc) is 2.17. The van der Waals surface area contributed by atoms with Crippen LogP contribution in [0.4, 0.5) is 0 Å². The summed E-state index contributed by atoms with van der Waals surface area (Å²) >= 11 is 0. The molecule has 1 fully saturated rings. The molecule has 1 aliphatic carbocycles. The van der Waals surface area contributed by atoms with Crippen LogP contribution in [0.2, 0.25) is 0 Å². The second-order valence-corrected chi connectivity index (χ2v) is 4.97. The van der Waals surface area contributed by atoms with E-state index in [2.05, 4.69) is 13.8 Å². The van der Waals surface area contributed by atoms with Crippen molar-refractivity contribution in [1.82, 2.24) is 0 Å². The number of ketones is 1. The van der Waals surface area contributed by atoms with Crippen LogP contribution in [0.5, 0.6) is 0 Å². The second-order valence-electron chi connectivity index (χ2n) is 4.97. The third-order valence-corrected chi connectivity index (χ3v) is 3.10. The molecule has 0 heterocycles. The van der Waals surface area contributed by atoms with Gasteiger partial charge in [-0.2, -0.15) is 0 Å². The fourth-order valence-corrected chi connectivity index (χ4v) is 2.31. The van der Waals surface area contributed by atoms with Gasteiger partial charge in [0, 0.05) is 5.92 Å². The molecule has 0 aromatic heterocycles. The smallest absolute Gasteiger partial charge is 0.152 e. The topological polar surface area (TPSA) is 43.1 Å². The van der Waals surface area contributed by atoms with Crippen molar-refractivity contribution in [3.8, 4) is 0 Å². The predicted molar refractivity (Wildman–Crippen MR) is 59.0 cm³/mol. The Morgan fingerprint density at radius 2 is 1.86 bits per heavy atom. The van der Waals surface area contributed by atoms with Gasteiger partial charge in [0.05, 0.1) is 6.04 Å². The average molecular weight is 197 g/mol. The van der Waals surface area contributed by atoms with Crippen LogP contribution in [0.25, 0.3) is 0 Å². The standard InChI is InChI=1S/C12H23NO/c1-9(2)8-11(13)12(14)10-6-4-3-5-7-10/h9-11H,3-8,13H2,1-2H3/t11-/m0/s1. The van der Waals surface area contributed by atoms with Crippen LogP contribution in [0.3, 0.4) is 0 Å². The van der Waals surface area contributed by atoms with E-state index >= 15 is 0 Å². The molecule has 0 radical (unpaired) electrons. The molecule has 0 amide bonds. The van der Waals surface area contributed by atoms with Crippen molar-refractivity contribution in [2.75, 3.05) is 0 Å². The first-order chi connectivity index (χ1) is 6.61. The Hall–Kier alpha value is -0.370. The molecule has 0 aromatic carbocycles. The van der Waals surface area contributed by atoms with Gasteiger partial charge in [0.15, 0.2) is 5.78 Å². The molecular formula is C12H23NO. The Labute approximate surface area is 87.2 Å². The van der Waals surface area contributed by atoms with Crippen LogP contribution >= 0.6 is 0 Å². The van der Waals surface area contributed by atoms with Crippen LogP contribution in [0.1, 0.15) is 52.4 Å². The molecule has 2 nitrogen and oxygen atoms in total. The van der Waals surface area contributed by atoms with Crippen molar-refractivity contribution in [1.29, 1.82) is 0 Å². The lowest BCUT2D eigenvalue weighted by Crippen LogP contribution is -2.37. The SMILES string of the molecule is CC(C)C[C@H](N)C(=O)C1CCCCC1. The van der Waals surface area contributed by atoms with E-state index in [4.69, 9.17) is 5.73 Å². The minimum atomic E-state index is -0.210. The van der Waals surface area contributed by atoms with Gasteiger partial charge < -0.3 is 5.73 Å². The highest BCUT2D eigenvalue weighted by molar-refractivity contribution is 5.86. The van der Waals surface area contributed by atoms with Gasteiger partial charge in [0.1, 0.15) is 0 Å². The van der Waals surface area contributed by atoms with Crippen LogP contribution in [-0.4, -0.2) is 11.8 Å². The van der Waals surface area contributed by atoms with E-state index in [1.165, 1.54) is 19.3 Å². The normalized spacial score (nSPS) is 21.1. The maximum absolute atomic E-state index is 11.9. The lowest BCUT2D eigenvalue weighted by Gasteiger charge is -2.24. The van der Waals surface area contributed by atoms with Crippen molar-refractivity contribution in [3.63, 3.8) is 0 Å². The Morgan fingerprint density at radius 3 is 2.36 bits per heavy atom. The maximum atomic E-state index is 11.9. The zero-order chi connectivity index (χ0) is 10.6. The van der Waals surface area contributed by atoms with E-state index in [0.717, 1.165) is 19.3 Å². The summed E-state index contributed by atoms with van der Waals surface area (Å²) in [4.78, 5) is 11.9. The zero-order valence-corrected chi connectivity index (χ0v) is 9.46. The molecule has 1 aliphatic rings. The Kier molecular flexibility index (Phi) is 4.59. The Balaban J connectivity index is 2.38. The molecule has 2 N–H and O–H groups in total. The molecule has 0 saturated heterocycles. The van der Waals surface area contributed by atoms with Gasteiger partial charge in [0.2, 0.25) is 0 Å². The third-order valence-electron chi connectivity index (χ3n) is 3.10. The monoisotopic (exact) mass is 197 g/mol. The van der Waals surface area contributed by atoms with E-state index < -0.39 is 0 Å². The second kappa shape index (κ2) is 5.50. The summed E-state index contributed by atoms with van der Waals surface area (Å²) < 4.78 is 0. The lowest BCUT2D eigenvalue weighted by atomic mass is 9.82. The third kappa shape index (κ3) is 3.41. The first-order valence-corrected chi connectivity index (χ1v) is 5.90. The lowest BCUT2D eigenvalue weighted by molar-refractivity contribution is -0.125. The number of Topliss-reactive ketones (excluding diaryl/α,β-unsaturated/α-hetero) is 1. The zero-order valence-electron chi connectivity index (χ0n) is 9.46. The summed E-state index contributed by atoms with van der Waals surface area (Å²) in [6, 6.07) is -0.210. The fraction of sp³-hybridized carbons (Fsp3) is 0.917. The van der Waals surface area contributed by atoms with Gasteiger partial charge in [-0.15, -0.1) is 0 Å². The number of carbonyl (C=O) groups is 1. The molecule has 82 valence electrons. The van der Waals surface area contributed by atoms with Crippen LogP contribution < -0.4 is 5.73 Å². The van der Waals surface area contributed by atoms with Gasteiger partial charge in [0.25, 0.3) is 0 Å². The molecule has 0 spiro atoms. The highest BCUT2D eigenvalue weighted by Crippen LogP contribution is 2.25. The van der Waals surface area contributed by atoms with E-state index in [9.17, 15) is 4.79 Å². The Bertz CT molecular complexity index is 183. The number of nitrogens with two attached hydrogens (primary N) is 1. The molecule has 1 rings (SSSR count). The van der Waals surface area contributed by atoms with Crippen molar-refractivity contribution >= 4 is 5.78 Å². The van der Waals surface area contributed by atoms with Gasteiger partial charge in [-0.25, -0.2) is 0 Å². The number of hydrogen-bond donors (Lipinski definition) is 1. The maximum Gasteiger partial charge on any atom is 0.152 e. The first kappa shape index (κ1) is 11.7. The van der Waals surface area contributed by atoms with Crippen molar-refractivity contribution in [3.05, 3.63) is 0 Å². The number of hydrogen-bond acceptors (Lipinski definition) is 2. The molecule has 0 unspecified atom stereocenters. The van der Waals surface area contributed by atoms with E-state index in [1.54, 1.807) is 0 Å². The van der Waals surface area contributed by atoms with Crippen LogP contribution in [0.15, 0.2) is 0 Å². The molecular weight excluding hydrogens is 174 g/mol. The highest BCUT2D eigenvalue weighted by Gasteiger charge is 2.25. The fourth-order valence-electron chi connectivity index (χ4n) is 2.31. The van der Waals surface area contributed by atoms with E-state index in [0.29, 0.717) is 11.7 Å². The van der Waals surface area contributed by atoms with Gasteiger partial charge >= 0.3 is 0 Å². The quantitative estimate of drug-likeness (QED) is 0.752. The number of rotatable bonds is 4. The minimum absolute atomic E-state index is 0.210. The van der Waals surface area contributed by atoms with Crippen molar-refractivity contribution < 1.29 is 4.79 Å². The molecule has 0 aromatic rings. The van der Waals surface area contributed by atoms with E-state index in [-0.39, 0.29) is 12.0 Å². The van der Waals surface area contributed by atoms with E-state index in [1.807, 2.05) is 0 Å². The summed E-state index contributed by atoms with van der Waals surface area (Å²) in [6.07, 6.45) is 6.71. The van der Waals surface area contributed by atoms with Crippen molar-refractivity contribution in [2.45, 2.75) is 58.4 Å². The van der Waals surface area contributed by atoms with Crippen LogP contribution in [0, 0.1) is 11.8 Å².